The van der Waals surface area contributed by atoms with Crippen molar-refractivity contribution in [2.45, 2.75) is 18.1 Å². The number of nitrogens with zero attached hydrogens (tertiary/aromatic N) is 4. The third-order valence-corrected chi connectivity index (χ3v) is 6.53. The van der Waals surface area contributed by atoms with Crippen molar-refractivity contribution < 1.29 is 19.2 Å². The van der Waals surface area contributed by atoms with Crippen LogP contribution in [-0.2, 0) is 16.0 Å². The SMILES string of the molecule is COc1ccccc1N=C1S[C@@H](CC(=O)Nc2cccc([N+](=O)[O-])c2)C(=O)N1CCc1ccccn1. The fourth-order valence-corrected chi connectivity index (χ4v) is 4.78. The molecule has 0 radical (unpaired) electrons. The van der Waals surface area contributed by atoms with Gasteiger partial charge in [0.05, 0.1) is 12.0 Å². The van der Waals surface area contributed by atoms with Crippen molar-refractivity contribution in [3.63, 3.8) is 0 Å². The van der Waals surface area contributed by atoms with Crippen molar-refractivity contribution in [2.24, 2.45) is 4.99 Å². The zero-order valence-electron chi connectivity index (χ0n) is 19.4. The van der Waals surface area contributed by atoms with E-state index in [2.05, 4.69) is 15.3 Å². The van der Waals surface area contributed by atoms with E-state index >= 15 is 0 Å². The van der Waals surface area contributed by atoms with Crippen LogP contribution in [-0.4, -0.2) is 50.7 Å². The summed E-state index contributed by atoms with van der Waals surface area (Å²) in [6.45, 7) is 0.347. The molecule has 1 saturated heterocycles. The first-order valence-corrected chi connectivity index (χ1v) is 12.0. The van der Waals surface area contributed by atoms with Crippen LogP contribution in [0.5, 0.6) is 5.75 Å². The smallest absolute Gasteiger partial charge is 0.271 e. The van der Waals surface area contributed by atoms with E-state index < -0.39 is 16.1 Å². The fraction of sp³-hybridized carbons (Fsp3) is 0.200. The average Bonchev–Trinajstić information content (AvgIpc) is 3.17. The molecule has 2 amide bonds. The minimum absolute atomic E-state index is 0.114. The van der Waals surface area contributed by atoms with Crippen LogP contribution in [0.2, 0.25) is 0 Å². The van der Waals surface area contributed by atoms with Gasteiger partial charge in [0.2, 0.25) is 11.8 Å². The number of hydrogen-bond donors (Lipinski definition) is 1. The predicted octanol–water partition coefficient (Wildman–Crippen LogP) is 4.20. The molecule has 0 unspecified atom stereocenters. The molecule has 1 fully saturated rings. The normalized spacial score (nSPS) is 16.2. The highest BCUT2D eigenvalue weighted by Gasteiger charge is 2.39. The summed E-state index contributed by atoms with van der Waals surface area (Å²) in [5, 5.41) is 13.4. The number of methoxy groups -OCH3 is 1. The zero-order valence-corrected chi connectivity index (χ0v) is 20.2. The molecule has 2 heterocycles. The first-order chi connectivity index (χ1) is 17.4. The molecule has 1 N–H and O–H groups in total. The third-order valence-electron chi connectivity index (χ3n) is 5.35. The lowest BCUT2D eigenvalue weighted by Gasteiger charge is -2.16. The van der Waals surface area contributed by atoms with Crippen molar-refractivity contribution in [1.29, 1.82) is 0 Å². The van der Waals surface area contributed by atoms with E-state index in [0.29, 0.717) is 35.3 Å². The topological polar surface area (TPSA) is 127 Å². The number of carbonyl (C=O) groups excluding carboxylic acids is 2. The van der Waals surface area contributed by atoms with Gasteiger partial charge < -0.3 is 10.1 Å². The number of amidine groups is 1. The van der Waals surface area contributed by atoms with Crippen molar-refractivity contribution in [1.82, 2.24) is 9.88 Å². The molecule has 184 valence electrons. The van der Waals surface area contributed by atoms with Gasteiger partial charge in [0, 0.05) is 49.1 Å². The second-order valence-electron chi connectivity index (χ2n) is 7.79. The van der Waals surface area contributed by atoms with Crippen LogP contribution < -0.4 is 10.1 Å². The summed E-state index contributed by atoms with van der Waals surface area (Å²) >= 11 is 1.20. The third kappa shape index (κ3) is 6.05. The Hall–Kier alpha value is -4.25. The Morgan fingerprint density at radius 2 is 2.00 bits per heavy atom. The average molecular weight is 506 g/mol. The standard InChI is InChI=1S/C25H23N5O5S/c1-35-21-11-3-2-10-20(21)28-25-29(14-12-17-7-4-5-13-26-17)24(32)22(36-25)16-23(31)27-18-8-6-9-19(15-18)30(33)34/h2-11,13,15,22H,12,14,16H2,1H3,(H,27,31)/t22-/m0/s1. The second-order valence-corrected chi connectivity index (χ2v) is 8.96. The maximum atomic E-state index is 13.3. The molecule has 1 aromatic heterocycles. The molecule has 0 aliphatic carbocycles. The van der Waals surface area contributed by atoms with Gasteiger partial charge in [0.25, 0.3) is 5.69 Å². The number of aromatic nitrogens is 1. The lowest BCUT2D eigenvalue weighted by atomic mass is 10.2. The monoisotopic (exact) mass is 505 g/mol. The molecule has 0 spiro atoms. The van der Waals surface area contributed by atoms with E-state index in [9.17, 15) is 19.7 Å². The van der Waals surface area contributed by atoms with Crippen LogP contribution in [0.1, 0.15) is 12.1 Å². The Balaban J connectivity index is 1.52. The Bertz CT molecular complexity index is 1300. The van der Waals surface area contributed by atoms with E-state index in [1.54, 1.807) is 36.4 Å². The van der Waals surface area contributed by atoms with Gasteiger partial charge in [-0.25, -0.2) is 4.99 Å². The summed E-state index contributed by atoms with van der Waals surface area (Å²) in [6, 6.07) is 18.5. The summed E-state index contributed by atoms with van der Waals surface area (Å²) in [7, 11) is 1.55. The molecule has 11 heteroatoms. The molecule has 1 aliphatic rings. The van der Waals surface area contributed by atoms with Crippen molar-refractivity contribution in [3.8, 4) is 5.75 Å². The zero-order chi connectivity index (χ0) is 25.5. The van der Waals surface area contributed by atoms with E-state index in [1.165, 1.54) is 30.0 Å². The van der Waals surface area contributed by atoms with Gasteiger partial charge in [-0.15, -0.1) is 0 Å². The van der Waals surface area contributed by atoms with Gasteiger partial charge in [-0.2, -0.15) is 0 Å². The second kappa shape index (κ2) is 11.5. The minimum Gasteiger partial charge on any atom is -0.494 e. The minimum atomic E-state index is -0.694. The van der Waals surface area contributed by atoms with Crippen molar-refractivity contribution >= 4 is 45.8 Å². The first kappa shape index (κ1) is 24.9. The molecule has 0 saturated carbocycles. The van der Waals surface area contributed by atoms with E-state index in [-0.39, 0.29) is 18.0 Å². The Morgan fingerprint density at radius 1 is 1.19 bits per heavy atom. The molecular weight excluding hydrogens is 482 g/mol. The number of para-hydroxylation sites is 2. The number of hydrogen-bond acceptors (Lipinski definition) is 8. The summed E-state index contributed by atoms with van der Waals surface area (Å²) in [6.07, 6.45) is 2.10. The molecule has 3 aromatic rings. The molecular formula is C25H23N5O5S. The number of nitro benzene ring substituents is 1. The van der Waals surface area contributed by atoms with Gasteiger partial charge in [0.1, 0.15) is 16.7 Å². The van der Waals surface area contributed by atoms with Crippen molar-refractivity contribution in [3.05, 3.63) is 88.7 Å². The van der Waals surface area contributed by atoms with Gasteiger partial charge >= 0.3 is 0 Å². The first-order valence-electron chi connectivity index (χ1n) is 11.1. The summed E-state index contributed by atoms with van der Waals surface area (Å²) in [4.78, 5) is 47.1. The summed E-state index contributed by atoms with van der Waals surface area (Å²) in [5.74, 6) is -0.0991. The number of aliphatic imine (C=N–C) groups is 1. The van der Waals surface area contributed by atoms with Gasteiger partial charge in [-0.1, -0.05) is 36.0 Å². The van der Waals surface area contributed by atoms with Crippen LogP contribution in [0.25, 0.3) is 0 Å². The molecule has 1 atom stereocenters. The number of non-ortho nitro benzene ring substituents is 1. The Labute approximate surface area is 211 Å². The van der Waals surface area contributed by atoms with Crippen LogP contribution in [0.15, 0.2) is 77.9 Å². The Kier molecular flexibility index (Phi) is 7.91. The van der Waals surface area contributed by atoms with E-state index in [1.807, 2.05) is 30.3 Å². The number of amides is 2. The number of anilines is 1. The van der Waals surface area contributed by atoms with Crippen LogP contribution >= 0.6 is 11.8 Å². The van der Waals surface area contributed by atoms with Gasteiger partial charge in [-0.3, -0.25) is 29.6 Å². The summed E-state index contributed by atoms with van der Waals surface area (Å²) in [5.41, 5.74) is 1.56. The predicted molar refractivity (Wildman–Crippen MR) is 137 cm³/mol. The molecule has 1 aliphatic heterocycles. The Morgan fingerprint density at radius 3 is 2.75 bits per heavy atom. The molecule has 2 aromatic carbocycles. The van der Waals surface area contributed by atoms with Gasteiger partial charge in [-0.05, 0) is 30.3 Å². The lowest BCUT2D eigenvalue weighted by Crippen LogP contribution is -2.35. The van der Waals surface area contributed by atoms with Crippen LogP contribution in [0.4, 0.5) is 17.1 Å². The van der Waals surface area contributed by atoms with Gasteiger partial charge in [0.15, 0.2) is 5.17 Å². The number of nitrogens with one attached hydrogen (secondary N) is 1. The van der Waals surface area contributed by atoms with Crippen LogP contribution in [0, 0.1) is 10.1 Å². The number of thioether (sulfide) groups is 1. The van der Waals surface area contributed by atoms with E-state index in [0.717, 1.165) is 5.69 Å². The molecule has 0 bridgehead atoms. The number of rotatable bonds is 9. The molecule has 4 rings (SSSR count). The maximum absolute atomic E-state index is 13.3. The largest absolute Gasteiger partial charge is 0.494 e. The maximum Gasteiger partial charge on any atom is 0.271 e. The number of pyridine rings is 1. The fourth-order valence-electron chi connectivity index (χ4n) is 3.61. The lowest BCUT2D eigenvalue weighted by molar-refractivity contribution is -0.384. The number of benzene rings is 2. The highest BCUT2D eigenvalue weighted by Crippen LogP contribution is 2.35. The number of carbonyl (C=O) groups is 2. The van der Waals surface area contributed by atoms with E-state index in [4.69, 9.17) is 4.74 Å². The summed E-state index contributed by atoms with van der Waals surface area (Å²) < 4.78 is 5.39. The number of ether oxygens (including phenoxy) is 1. The molecule has 10 nitrogen and oxygen atoms in total. The molecule has 36 heavy (non-hydrogen) atoms. The van der Waals surface area contributed by atoms with Crippen molar-refractivity contribution in [2.75, 3.05) is 19.0 Å². The number of nitro groups is 1. The highest BCUT2D eigenvalue weighted by molar-refractivity contribution is 8.15. The van der Waals surface area contributed by atoms with Crippen LogP contribution in [0.3, 0.4) is 0 Å². The highest BCUT2D eigenvalue weighted by atomic mass is 32.2. The quantitative estimate of drug-likeness (QED) is 0.341.